The Hall–Kier alpha value is -7.04. The first-order chi connectivity index (χ1) is 25.8. The first-order valence-electron chi connectivity index (χ1n) is 17.6. The normalized spacial score (nSPS) is 11.8. The Bertz CT molecular complexity index is 3020. The van der Waals surface area contributed by atoms with Crippen molar-refractivity contribution in [2.24, 2.45) is 0 Å². The summed E-state index contributed by atoms with van der Waals surface area (Å²) in [4.78, 5) is 10.6. The number of nitrogens with zero attached hydrogens (tertiary/aromatic N) is 3. The van der Waals surface area contributed by atoms with Gasteiger partial charge in [-0.15, -0.1) is 0 Å². The molecule has 0 bridgehead atoms. The molecule has 0 aliphatic rings. The van der Waals surface area contributed by atoms with E-state index in [0.717, 1.165) is 66.7 Å². The van der Waals surface area contributed by atoms with Crippen LogP contribution in [0, 0.1) is 0 Å². The van der Waals surface area contributed by atoms with Crippen molar-refractivity contribution < 1.29 is 4.42 Å². The highest BCUT2D eigenvalue weighted by atomic mass is 16.3. The smallest absolute Gasteiger partial charge is 0.161 e. The maximum atomic E-state index is 6.68. The molecule has 0 atom stereocenters. The van der Waals surface area contributed by atoms with E-state index in [2.05, 4.69) is 156 Å². The molecule has 242 valence electrons. The predicted molar refractivity (Wildman–Crippen MR) is 215 cm³/mol. The number of hydrogen-bond acceptors (Lipinski definition) is 3. The molecule has 0 fully saturated rings. The Labute approximate surface area is 298 Å². The number of aromatic nitrogens is 3. The third-order valence-electron chi connectivity index (χ3n) is 10.4. The molecule has 0 N–H and O–H groups in total. The van der Waals surface area contributed by atoms with E-state index in [1.54, 1.807) is 0 Å². The van der Waals surface area contributed by atoms with Gasteiger partial charge in [0, 0.05) is 44.3 Å². The van der Waals surface area contributed by atoms with Crippen molar-refractivity contribution in [1.29, 1.82) is 0 Å². The fourth-order valence-corrected chi connectivity index (χ4v) is 8.05. The lowest BCUT2D eigenvalue weighted by Gasteiger charge is -2.13. The van der Waals surface area contributed by atoms with E-state index >= 15 is 0 Å². The molecule has 4 heteroatoms. The Morgan fingerprint density at radius 3 is 1.52 bits per heavy atom. The first-order valence-corrected chi connectivity index (χ1v) is 17.6. The molecule has 3 aromatic heterocycles. The van der Waals surface area contributed by atoms with Crippen LogP contribution in [-0.2, 0) is 0 Å². The Kier molecular flexibility index (Phi) is 6.22. The average Bonchev–Trinajstić information content (AvgIpc) is 3.77. The Morgan fingerprint density at radius 1 is 0.404 bits per heavy atom. The summed E-state index contributed by atoms with van der Waals surface area (Å²) in [6.07, 6.45) is 0. The predicted octanol–water partition coefficient (Wildman–Crippen LogP) is 12.8. The van der Waals surface area contributed by atoms with Gasteiger partial charge in [-0.25, -0.2) is 9.97 Å². The van der Waals surface area contributed by atoms with Gasteiger partial charge in [0.15, 0.2) is 5.82 Å². The molecule has 52 heavy (non-hydrogen) atoms. The summed E-state index contributed by atoms with van der Waals surface area (Å²) < 4.78 is 9.07. The number of furan rings is 1. The summed E-state index contributed by atoms with van der Waals surface area (Å²) in [5.41, 5.74) is 9.61. The van der Waals surface area contributed by atoms with Crippen LogP contribution in [0.25, 0.3) is 105 Å². The summed E-state index contributed by atoms with van der Waals surface area (Å²) in [5, 5.41) is 9.42. The fraction of sp³-hybridized carbons (Fsp3) is 0. The number of rotatable bonds is 4. The molecule has 0 aliphatic heterocycles. The minimum atomic E-state index is 0.648. The van der Waals surface area contributed by atoms with E-state index in [0.29, 0.717) is 5.82 Å². The van der Waals surface area contributed by atoms with Crippen LogP contribution in [-0.4, -0.2) is 14.5 Å². The zero-order valence-corrected chi connectivity index (χ0v) is 28.0. The summed E-state index contributed by atoms with van der Waals surface area (Å²) >= 11 is 0. The molecule has 0 radical (unpaired) electrons. The second-order valence-electron chi connectivity index (χ2n) is 13.4. The van der Waals surface area contributed by atoms with Crippen molar-refractivity contribution in [2.75, 3.05) is 0 Å². The van der Waals surface area contributed by atoms with Crippen LogP contribution in [0.2, 0.25) is 0 Å². The third-order valence-corrected chi connectivity index (χ3v) is 10.4. The Morgan fingerprint density at radius 2 is 0.923 bits per heavy atom. The van der Waals surface area contributed by atoms with Crippen LogP contribution in [0.5, 0.6) is 0 Å². The highest BCUT2D eigenvalue weighted by Crippen LogP contribution is 2.44. The van der Waals surface area contributed by atoms with Crippen molar-refractivity contribution in [3.8, 4) is 39.6 Å². The lowest BCUT2D eigenvalue weighted by atomic mass is 10.00. The van der Waals surface area contributed by atoms with Gasteiger partial charge in [-0.05, 0) is 51.9 Å². The van der Waals surface area contributed by atoms with E-state index in [1.807, 2.05) is 24.3 Å². The van der Waals surface area contributed by atoms with Crippen LogP contribution < -0.4 is 0 Å². The second kappa shape index (κ2) is 11.2. The van der Waals surface area contributed by atoms with Gasteiger partial charge in [-0.3, -0.25) is 0 Å². The van der Waals surface area contributed by atoms with Gasteiger partial charge >= 0.3 is 0 Å². The molecule has 0 aliphatic carbocycles. The summed E-state index contributed by atoms with van der Waals surface area (Å²) in [5.74, 6) is 0.648. The number of fused-ring (bicyclic) bond motifs is 10. The number of benzene rings is 8. The van der Waals surface area contributed by atoms with E-state index in [1.165, 1.54) is 32.3 Å². The van der Waals surface area contributed by atoms with E-state index in [4.69, 9.17) is 14.4 Å². The molecule has 11 aromatic rings. The average molecular weight is 664 g/mol. The number of hydrogen-bond donors (Lipinski definition) is 0. The van der Waals surface area contributed by atoms with Gasteiger partial charge in [0.1, 0.15) is 11.2 Å². The fourth-order valence-electron chi connectivity index (χ4n) is 8.05. The molecule has 0 saturated carbocycles. The molecule has 0 unspecified atom stereocenters. The minimum Gasteiger partial charge on any atom is -0.456 e. The van der Waals surface area contributed by atoms with Crippen molar-refractivity contribution in [1.82, 2.24) is 14.5 Å². The maximum Gasteiger partial charge on any atom is 0.161 e. The van der Waals surface area contributed by atoms with Gasteiger partial charge in [-0.2, -0.15) is 0 Å². The van der Waals surface area contributed by atoms with Gasteiger partial charge in [-0.1, -0.05) is 140 Å². The molecule has 8 aromatic carbocycles. The monoisotopic (exact) mass is 663 g/mol. The quantitative estimate of drug-likeness (QED) is 0.188. The van der Waals surface area contributed by atoms with Crippen molar-refractivity contribution >= 4 is 65.3 Å². The van der Waals surface area contributed by atoms with Crippen LogP contribution in [0.1, 0.15) is 0 Å². The molecular formula is C48H29N3O. The number of para-hydroxylation sites is 1. The molecule has 3 heterocycles. The van der Waals surface area contributed by atoms with Crippen LogP contribution in [0.3, 0.4) is 0 Å². The van der Waals surface area contributed by atoms with Crippen molar-refractivity contribution in [3.63, 3.8) is 0 Å². The van der Waals surface area contributed by atoms with Crippen molar-refractivity contribution in [2.45, 2.75) is 0 Å². The van der Waals surface area contributed by atoms with Gasteiger partial charge in [0.2, 0.25) is 0 Å². The summed E-state index contributed by atoms with van der Waals surface area (Å²) in [7, 11) is 0. The molecular weight excluding hydrogens is 635 g/mol. The zero-order valence-electron chi connectivity index (χ0n) is 28.0. The van der Waals surface area contributed by atoms with Crippen LogP contribution in [0.4, 0.5) is 0 Å². The van der Waals surface area contributed by atoms with Crippen LogP contribution >= 0.6 is 0 Å². The Balaban J connectivity index is 1.28. The SMILES string of the molecule is c1ccc(-c2cc(-c3ccccc3)nc(-c3cc(-n4c5ccc6ccccc6c5c5c6ccccc6ccc54)cc4oc5ccccc5c34)n2)cc1. The minimum absolute atomic E-state index is 0.648. The molecule has 11 rings (SSSR count). The highest BCUT2D eigenvalue weighted by Gasteiger charge is 2.22. The highest BCUT2D eigenvalue weighted by molar-refractivity contribution is 6.28. The molecule has 0 spiro atoms. The van der Waals surface area contributed by atoms with Crippen molar-refractivity contribution in [3.05, 3.63) is 176 Å². The molecule has 4 nitrogen and oxygen atoms in total. The molecule has 0 saturated heterocycles. The first kappa shape index (κ1) is 28.8. The third kappa shape index (κ3) is 4.34. The van der Waals surface area contributed by atoms with Crippen LogP contribution in [0.15, 0.2) is 180 Å². The largest absolute Gasteiger partial charge is 0.456 e. The van der Waals surface area contributed by atoms with Gasteiger partial charge in [0.05, 0.1) is 28.1 Å². The van der Waals surface area contributed by atoms with E-state index in [-0.39, 0.29) is 0 Å². The van der Waals surface area contributed by atoms with E-state index in [9.17, 15) is 0 Å². The lowest BCUT2D eigenvalue weighted by molar-refractivity contribution is 0.668. The maximum absolute atomic E-state index is 6.68. The van der Waals surface area contributed by atoms with Gasteiger partial charge < -0.3 is 8.98 Å². The standard InChI is InChI=1S/C48H29N3O/c1-3-15-32(16-4-1)39-29-40(33-17-5-2-6-18-33)50-48(49-39)38-27-34(28-44-45(38)37-21-11-12-22-43(37)52-44)51-41-25-23-30-13-7-9-19-35(30)46(41)47-36-20-10-8-14-31(36)24-26-42(47)51/h1-29H. The van der Waals surface area contributed by atoms with E-state index < -0.39 is 0 Å². The molecule has 0 amide bonds. The second-order valence-corrected chi connectivity index (χ2v) is 13.4. The van der Waals surface area contributed by atoms with Gasteiger partial charge in [0.25, 0.3) is 0 Å². The summed E-state index contributed by atoms with van der Waals surface area (Å²) in [6, 6.07) is 61.8. The zero-order chi connectivity index (χ0) is 34.2. The lowest BCUT2D eigenvalue weighted by Crippen LogP contribution is -1.99. The summed E-state index contributed by atoms with van der Waals surface area (Å²) in [6.45, 7) is 0. The topological polar surface area (TPSA) is 43.9 Å².